The van der Waals surface area contributed by atoms with Crippen LogP contribution in [-0.4, -0.2) is 3.26 Å². The van der Waals surface area contributed by atoms with E-state index in [-0.39, 0.29) is 30.2 Å². The van der Waals surface area contributed by atoms with Gasteiger partial charge in [-0.25, -0.2) is 12.2 Å². The Balaban J connectivity index is 0. The minimum atomic E-state index is 0. The molecule has 1 aliphatic carbocycles. The Morgan fingerprint density at radius 1 is 0.964 bits per heavy atom. The molecule has 0 saturated heterocycles. The first kappa shape index (κ1) is 29.8. The minimum absolute atomic E-state index is 0. The number of hydrogen-bond donors (Lipinski definition) is 0. The summed E-state index contributed by atoms with van der Waals surface area (Å²) in [4.78, 5) is 0. The van der Waals surface area contributed by atoms with Gasteiger partial charge in [0.15, 0.2) is 0 Å². The molecule has 0 heterocycles. The van der Waals surface area contributed by atoms with Crippen LogP contribution in [0.2, 0.25) is 0 Å². The van der Waals surface area contributed by atoms with Gasteiger partial charge in [-0.05, 0) is 5.41 Å². The topological polar surface area (TPSA) is 0 Å². The second kappa shape index (κ2) is 13.0. The standard InChI is InChI=1S/C13H15.C9H13.C3H6.2ClH.Hf/c1-13(2,3)12-9-8-10-6-4-5-7-11(10)12;1-9(2,3)8-6-4-5-7-8;1-3-2;;;/h4-9H,1-3H3;4,6H,7H2,1-3H3;1-2H3;2*1H;/q2*-1;;;;+2/p-2. The summed E-state index contributed by atoms with van der Waals surface area (Å²) in [5.74, 6) is 0. The molecular formula is C25H34Cl2Hf-2. The zero-order chi connectivity index (χ0) is 20.0. The van der Waals surface area contributed by atoms with E-state index in [9.17, 15) is 0 Å². The Morgan fingerprint density at radius 2 is 1.50 bits per heavy atom. The van der Waals surface area contributed by atoms with Gasteiger partial charge in [-0.15, -0.1) is 53.1 Å². The summed E-state index contributed by atoms with van der Waals surface area (Å²) < 4.78 is 1.56. The monoisotopic (exact) mass is 584 g/mol. The van der Waals surface area contributed by atoms with Gasteiger partial charge in [0.25, 0.3) is 0 Å². The maximum atomic E-state index is 3.16. The Hall–Kier alpha value is -0.370. The third kappa shape index (κ3) is 10.4. The summed E-state index contributed by atoms with van der Waals surface area (Å²) >= 11 is 1.27. The van der Waals surface area contributed by atoms with Gasteiger partial charge < -0.3 is 24.8 Å². The first-order valence-electron chi connectivity index (χ1n) is 9.36. The maximum absolute atomic E-state index is 3.16. The zero-order valence-electron chi connectivity index (χ0n) is 18.6. The van der Waals surface area contributed by atoms with Crippen LogP contribution in [0.15, 0.2) is 54.1 Å². The van der Waals surface area contributed by atoms with Crippen LogP contribution in [-0.2, 0) is 29.3 Å². The van der Waals surface area contributed by atoms with Crippen LogP contribution in [0.5, 0.6) is 0 Å². The molecule has 0 fully saturated rings. The first-order chi connectivity index (χ1) is 11.9. The zero-order valence-corrected chi connectivity index (χ0v) is 23.7. The van der Waals surface area contributed by atoms with Gasteiger partial charge >= 0.3 is 41.0 Å². The Kier molecular flexibility index (Phi) is 13.9. The van der Waals surface area contributed by atoms with Crippen LogP contribution >= 0.6 is 0 Å². The van der Waals surface area contributed by atoms with Gasteiger partial charge in [0.2, 0.25) is 0 Å². The molecule has 154 valence electrons. The molecule has 0 spiro atoms. The molecule has 0 atom stereocenters. The Morgan fingerprint density at radius 3 is 1.89 bits per heavy atom. The smallest absolute Gasteiger partial charge is 1.00 e. The molecule has 0 bridgehead atoms. The summed E-state index contributed by atoms with van der Waals surface area (Å²) in [7, 11) is 0. The average Bonchev–Trinajstić information content (AvgIpc) is 3.16. The van der Waals surface area contributed by atoms with Crippen molar-refractivity contribution < 1.29 is 48.7 Å². The number of fused-ring (bicyclic) bond motifs is 1. The normalized spacial score (nSPS) is 12.6. The van der Waals surface area contributed by atoms with E-state index in [2.05, 4.69) is 104 Å². The van der Waals surface area contributed by atoms with E-state index < -0.39 is 0 Å². The molecule has 0 saturated carbocycles. The van der Waals surface area contributed by atoms with E-state index in [1.807, 2.05) is 6.08 Å². The van der Waals surface area contributed by atoms with E-state index in [0.717, 1.165) is 6.42 Å². The molecule has 0 unspecified atom stereocenters. The average molecular weight is 584 g/mol. The molecular weight excluding hydrogens is 550 g/mol. The number of rotatable bonds is 0. The van der Waals surface area contributed by atoms with Crippen molar-refractivity contribution in [3.8, 4) is 0 Å². The van der Waals surface area contributed by atoms with Crippen molar-refractivity contribution in [2.75, 3.05) is 0 Å². The van der Waals surface area contributed by atoms with Crippen LogP contribution in [0, 0.1) is 11.5 Å². The Bertz CT molecular complexity index is 777. The molecule has 3 heteroatoms. The molecule has 0 aromatic heterocycles. The summed E-state index contributed by atoms with van der Waals surface area (Å²) in [5, 5.41) is 2.75. The van der Waals surface area contributed by atoms with Gasteiger partial charge in [-0.2, -0.15) is 5.57 Å². The molecule has 28 heavy (non-hydrogen) atoms. The number of allylic oxidation sites excluding steroid dienone is 4. The van der Waals surface area contributed by atoms with Crippen molar-refractivity contribution in [2.24, 2.45) is 5.41 Å². The fraction of sp³-hybridized carbons (Fsp3) is 0.440. The van der Waals surface area contributed by atoms with Crippen LogP contribution in [0.4, 0.5) is 0 Å². The third-order valence-corrected chi connectivity index (χ3v) is 4.15. The fourth-order valence-electron chi connectivity index (χ4n) is 2.71. The van der Waals surface area contributed by atoms with Gasteiger partial charge in [0.05, 0.1) is 0 Å². The van der Waals surface area contributed by atoms with Crippen molar-refractivity contribution >= 4 is 14.0 Å². The maximum Gasteiger partial charge on any atom is -1.00 e. The van der Waals surface area contributed by atoms with Crippen molar-refractivity contribution in [2.45, 2.75) is 67.2 Å². The van der Waals surface area contributed by atoms with Crippen molar-refractivity contribution in [1.29, 1.82) is 0 Å². The molecule has 0 amide bonds. The van der Waals surface area contributed by atoms with Crippen LogP contribution in [0.1, 0.15) is 67.4 Å². The first-order valence-corrected chi connectivity index (χ1v) is 11.2. The Labute approximate surface area is 200 Å². The number of hydrogen-bond acceptors (Lipinski definition) is 0. The van der Waals surface area contributed by atoms with Gasteiger partial charge in [-0.1, -0.05) is 53.0 Å². The van der Waals surface area contributed by atoms with Crippen molar-refractivity contribution in [3.05, 3.63) is 65.8 Å². The third-order valence-electron chi connectivity index (χ3n) is 4.15. The minimum Gasteiger partial charge on any atom is -1.00 e. The number of halogens is 2. The van der Waals surface area contributed by atoms with Crippen LogP contribution in [0.25, 0.3) is 10.8 Å². The van der Waals surface area contributed by atoms with Gasteiger partial charge in [0, 0.05) is 0 Å². The summed E-state index contributed by atoms with van der Waals surface area (Å²) in [6, 6.07) is 13.0. The molecule has 2 aromatic rings. The van der Waals surface area contributed by atoms with E-state index in [4.69, 9.17) is 0 Å². The van der Waals surface area contributed by atoms with Gasteiger partial charge in [0.1, 0.15) is 0 Å². The summed E-state index contributed by atoms with van der Waals surface area (Å²) in [5.41, 5.74) is 3.54. The molecule has 1 aliphatic rings. The van der Waals surface area contributed by atoms with Crippen molar-refractivity contribution in [3.63, 3.8) is 0 Å². The van der Waals surface area contributed by atoms with Gasteiger partial charge in [-0.3, -0.25) is 6.08 Å². The van der Waals surface area contributed by atoms with E-state index >= 15 is 0 Å². The molecule has 0 aliphatic heterocycles. The molecule has 0 N–H and O–H groups in total. The molecule has 3 rings (SSSR count). The molecule has 0 radical (unpaired) electrons. The predicted molar refractivity (Wildman–Crippen MR) is 115 cm³/mol. The SMILES string of the molecule is CC(C)(C)C1=CC=[C-]C1.CC(C)(C)c1c[cH-]c2ccccc12.C[C](C)=[Hf+2].[Cl-].[Cl-]. The molecule has 0 nitrogen and oxygen atoms in total. The number of benzene rings is 1. The van der Waals surface area contributed by atoms with Crippen LogP contribution < -0.4 is 24.8 Å². The van der Waals surface area contributed by atoms with E-state index in [1.54, 1.807) is 3.26 Å². The fourth-order valence-corrected chi connectivity index (χ4v) is 2.71. The second-order valence-electron chi connectivity index (χ2n) is 9.07. The molecule has 2 aromatic carbocycles. The van der Waals surface area contributed by atoms with Crippen LogP contribution in [0.3, 0.4) is 0 Å². The van der Waals surface area contributed by atoms with E-state index in [0.29, 0.717) is 5.41 Å². The largest absolute Gasteiger partial charge is 1.00 e. The van der Waals surface area contributed by atoms with E-state index in [1.165, 1.54) is 45.8 Å². The predicted octanol–water partition coefficient (Wildman–Crippen LogP) is 1.33. The summed E-state index contributed by atoms with van der Waals surface area (Å²) in [6.07, 6.45) is 8.37. The second-order valence-corrected chi connectivity index (χ2v) is 12.7. The quantitative estimate of drug-likeness (QED) is 0.325. The van der Waals surface area contributed by atoms with Crippen molar-refractivity contribution in [1.82, 2.24) is 0 Å². The summed E-state index contributed by atoms with van der Waals surface area (Å²) in [6.45, 7) is 17.8.